The summed E-state index contributed by atoms with van der Waals surface area (Å²) < 4.78 is 0.402. The molecule has 0 bridgehead atoms. The molecule has 0 heterocycles. The molecule has 0 radical (unpaired) electrons. The summed E-state index contributed by atoms with van der Waals surface area (Å²) in [5, 5.41) is 0. The van der Waals surface area contributed by atoms with E-state index in [1.807, 2.05) is 0 Å². The van der Waals surface area contributed by atoms with Gasteiger partial charge in [0, 0.05) is 4.75 Å². The number of unbranched alkanes of at least 4 members (excludes halogenated alkanes) is 4. The smallest absolute Gasteiger partial charge is 0.0158 e. The standard InChI is InChI=1S/C15H30S/c1-3-5-6-7-8-11-14(4-2)15(16)12-9-10-13-15/h14,16H,3-13H2,1-2H3. The molecular weight excluding hydrogens is 212 g/mol. The first-order valence-electron chi connectivity index (χ1n) is 7.45. The molecule has 96 valence electrons. The molecule has 0 N–H and O–H groups in total. The molecule has 0 nitrogen and oxygen atoms in total. The van der Waals surface area contributed by atoms with Gasteiger partial charge in [0.15, 0.2) is 0 Å². The number of hydrogen-bond donors (Lipinski definition) is 1. The van der Waals surface area contributed by atoms with Crippen LogP contribution in [0.25, 0.3) is 0 Å². The second-order valence-corrected chi connectivity index (χ2v) is 6.51. The highest BCUT2D eigenvalue weighted by atomic mass is 32.1. The lowest BCUT2D eigenvalue weighted by atomic mass is 9.83. The van der Waals surface area contributed by atoms with E-state index in [0.717, 1.165) is 5.92 Å². The minimum atomic E-state index is 0.402. The van der Waals surface area contributed by atoms with Gasteiger partial charge in [0.1, 0.15) is 0 Å². The molecule has 1 atom stereocenters. The van der Waals surface area contributed by atoms with Crippen LogP contribution < -0.4 is 0 Å². The molecule has 1 saturated carbocycles. The van der Waals surface area contributed by atoms with E-state index in [0.29, 0.717) is 4.75 Å². The van der Waals surface area contributed by atoms with Gasteiger partial charge in [-0.3, -0.25) is 0 Å². The van der Waals surface area contributed by atoms with E-state index in [4.69, 9.17) is 12.6 Å². The van der Waals surface area contributed by atoms with Gasteiger partial charge < -0.3 is 0 Å². The maximum Gasteiger partial charge on any atom is 0.0158 e. The third kappa shape index (κ3) is 4.31. The summed E-state index contributed by atoms with van der Waals surface area (Å²) in [5.74, 6) is 0.875. The van der Waals surface area contributed by atoms with Crippen LogP contribution in [0.2, 0.25) is 0 Å². The Bertz CT molecular complexity index is 170. The largest absolute Gasteiger partial charge is 0.172 e. The summed E-state index contributed by atoms with van der Waals surface area (Å²) in [6, 6.07) is 0. The zero-order valence-corrected chi connectivity index (χ0v) is 12.2. The third-order valence-electron chi connectivity index (χ3n) is 4.38. The zero-order chi connectivity index (χ0) is 11.9. The van der Waals surface area contributed by atoms with Gasteiger partial charge in [-0.05, 0) is 25.2 Å². The predicted octanol–water partition coefficient (Wildman–Crippen LogP) is 5.62. The van der Waals surface area contributed by atoms with Crippen LogP contribution in [-0.2, 0) is 0 Å². The molecule has 0 spiro atoms. The monoisotopic (exact) mass is 242 g/mol. The van der Waals surface area contributed by atoms with Gasteiger partial charge in [0.25, 0.3) is 0 Å². The predicted molar refractivity (Wildman–Crippen MR) is 77.3 cm³/mol. The number of hydrogen-bond acceptors (Lipinski definition) is 1. The molecule has 1 fully saturated rings. The first-order chi connectivity index (χ1) is 7.73. The number of rotatable bonds is 8. The molecule has 0 aromatic carbocycles. The average molecular weight is 242 g/mol. The van der Waals surface area contributed by atoms with E-state index in [1.165, 1.54) is 70.6 Å². The summed E-state index contributed by atoms with van der Waals surface area (Å²) in [7, 11) is 0. The highest BCUT2D eigenvalue weighted by Crippen LogP contribution is 2.44. The van der Waals surface area contributed by atoms with Gasteiger partial charge >= 0.3 is 0 Å². The Balaban J connectivity index is 2.21. The first-order valence-corrected chi connectivity index (χ1v) is 7.90. The lowest BCUT2D eigenvalue weighted by molar-refractivity contribution is 0.336. The van der Waals surface area contributed by atoms with Crippen LogP contribution in [0.15, 0.2) is 0 Å². The lowest BCUT2D eigenvalue weighted by Crippen LogP contribution is -2.28. The molecule has 0 amide bonds. The van der Waals surface area contributed by atoms with Gasteiger partial charge in [0.2, 0.25) is 0 Å². The molecule has 1 aliphatic rings. The Morgan fingerprint density at radius 2 is 1.62 bits per heavy atom. The van der Waals surface area contributed by atoms with Crippen molar-refractivity contribution in [1.82, 2.24) is 0 Å². The van der Waals surface area contributed by atoms with Gasteiger partial charge in [-0.15, -0.1) is 0 Å². The Labute approximate surface area is 108 Å². The van der Waals surface area contributed by atoms with Crippen molar-refractivity contribution in [3.8, 4) is 0 Å². The fraction of sp³-hybridized carbons (Fsp3) is 1.00. The maximum absolute atomic E-state index is 5.00. The summed E-state index contributed by atoms with van der Waals surface area (Å²) in [6.45, 7) is 4.64. The van der Waals surface area contributed by atoms with Crippen molar-refractivity contribution in [2.45, 2.75) is 89.2 Å². The molecule has 0 aromatic rings. The highest BCUT2D eigenvalue weighted by molar-refractivity contribution is 7.81. The second-order valence-electron chi connectivity index (χ2n) is 5.62. The quantitative estimate of drug-likeness (QED) is 0.415. The van der Waals surface area contributed by atoms with E-state index < -0.39 is 0 Å². The Morgan fingerprint density at radius 3 is 2.19 bits per heavy atom. The van der Waals surface area contributed by atoms with Gasteiger partial charge in [-0.1, -0.05) is 65.2 Å². The normalized spacial score (nSPS) is 21.2. The maximum atomic E-state index is 5.00. The van der Waals surface area contributed by atoms with Crippen molar-refractivity contribution < 1.29 is 0 Å². The summed E-state index contributed by atoms with van der Waals surface area (Å²) in [6.07, 6.45) is 15.4. The summed E-state index contributed by atoms with van der Waals surface area (Å²) in [4.78, 5) is 0. The Morgan fingerprint density at radius 1 is 1.00 bits per heavy atom. The van der Waals surface area contributed by atoms with Crippen molar-refractivity contribution in [1.29, 1.82) is 0 Å². The number of thiol groups is 1. The van der Waals surface area contributed by atoms with E-state index in [2.05, 4.69) is 13.8 Å². The molecule has 1 aliphatic carbocycles. The molecule has 0 aliphatic heterocycles. The van der Waals surface area contributed by atoms with Gasteiger partial charge in [0.05, 0.1) is 0 Å². The minimum Gasteiger partial charge on any atom is -0.172 e. The topological polar surface area (TPSA) is 0 Å². The minimum absolute atomic E-state index is 0.402. The van der Waals surface area contributed by atoms with Gasteiger partial charge in [-0.2, -0.15) is 12.6 Å². The van der Waals surface area contributed by atoms with Crippen molar-refractivity contribution in [3.05, 3.63) is 0 Å². The van der Waals surface area contributed by atoms with E-state index in [-0.39, 0.29) is 0 Å². The van der Waals surface area contributed by atoms with Crippen molar-refractivity contribution in [3.63, 3.8) is 0 Å². The molecule has 1 rings (SSSR count). The van der Waals surface area contributed by atoms with Crippen molar-refractivity contribution in [2.75, 3.05) is 0 Å². The molecule has 0 aromatic heterocycles. The van der Waals surface area contributed by atoms with Crippen molar-refractivity contribution >= 4 is 12.6 Å². The van der Waals surface area contributed by atoms with Crippen LogP contribution in [0.3, 0.4) is 0 Å². The van der Waals surface area contributed by atoms with Crippen LogP contribution in [0.5, 0.6) is 0 Å². The SMILES string of the molecule is CCCCCCCC(CC)C1(S)CCCC1. The summed E-state index contributed by atoms with van der Waals surface area (Å²) >= 11 is 5.00. The molecule has 16 heavy (non-hydrogen) atoms. The van der Waals surface area contributed by atoms with E-state index >= 15 is 0 Å². The zero-order valence-electron chi connectivity index (χ0n) is 11.3. The second kappa shape index (κ2) is 7.63. The van der Waals surface area contributed by atoms with Crippen LogP contribution >= 0.6 is 12.6 Å². The van der Waals surface area contributed by atoms with Crippen LogP contribution in [0.1, 0.15) is 84.5 Å². The Kier molecular flexibility index (Phi) is 6.87. The van der Waals surface area contributed by atoms with Crippen molar-refractivity contribution in [2.24, 2.45) is 5.92 Å². The van der Waals surface area contributed by atoms with E-state index in [1.54, 1.807) is 0 Å². The summed E-state index contributed by atoms with van der Waals surface area (Å²) in [5.41, 5.74) is 0. The Hall–Kier alpha value is 0.350. The fourth-order valence-corrected chi connectivity index (χ4v) is 3.87. The lowest BCUT2D eigenvalue weighted by Gasteiger charge is -2.32. The highest BCUT2D eigenvalue weighted by Gasteiger charge is 2.36. The first kappa shape index (κ1) is 14.4. The molecule has 1 unspecified atom stereocenters. The molecular formula is C15H30S. The molecule has 0 saturated heterocycles. The van der Waals surface area contributed by atoms with Crippen LogP contribution in [-0.4, -0.2) is 4.75 Å². The van der Waals surface area contributed by atoms with Crippen LogP contribution in [0.4, 0.5) is 0 Å². The third-order valence-corrected chi connectivity index (χ3v) is 5.19. The van der Waals surface area contributed by atoms with E-state index in [9.17, 15) is 0 Å². The average Bonchev–Trinajstić information content (AvgIpc) is 2.71. The molecule has 1 heteroatoms. The van der Waals surface area contributed by atoms with Crippen LogP contribution in [0, 0.1) is 5.92 Å². The fourth-order valence-electron chi connectivity index (χ4n) is 3.24. The van der Waals surface area contributed by atoms with Gasteiger partial charge in [-0.25, -0.2) is 0 Å².